The topological polar surface area (TPSA) is 114 Å². The minimum absolute atomic E-state index is 0.356. The molecule has 3 aromatic carbocycles. The molecule has 0 radical (unpaired) electrons. The molecular formula is C25H25FN6O2. The molecule has 4 aromatic rings. The fourth-order valence-electron chi connectivity index (χ4n) is 4.39. The van der Waals surface area contributed by atoms with Crippen molar-refractivity contribution < 1.29 is 13.9 Å². The third kappa shape index (κ3) is 4.18. The summed E-state index contributed by atoms with van der Waals surface area (Å²) in [5, 5.41) is 8.20. The van der Waals surface area contributed by atoms with E-state index in [1.807, 2.05) is 18.2 Å². The zero-order valence-electron chi connectivity index (χ0n) is 18.5. The molecule has 2 amide bonds. The van der Waals surface area contributed by atoms with E-state index in [1.165, 1.54) is 23.1 Å². The molecule has 9 heteroatoms. The number of ether oxygens (including phenoxy) is 1. The van der Waals surface area contributed by atoms with E-state index in [1.54, 1.807) is 18.2 Å². The molecule has 1 saturated heterocycles. The quantitative estimate of drug-likeness (QED) is 0.417. The minimum atomic E-state index is -0.702. The molecular weight excluding hydrogens is 435 g/mol. The Morgan fingerprint density at radius 3 is 2.56 bits per heavy atom. The highest BCUT2D eigenvalue weighted by molar-refractivity contribution is 6.03. The first-order chi connectivity index (χ1) is 16.5. The number of halogens is 1. The van der Waals surface area contributed by atoms with Gasteiger partial charge >= 0.3 is 6.03 Å². The molecule has 34 heavy (non-hydrogen) atoms. The molecule has 0 aliphatic carbocycles. The van der Waals surface area contributed by atoms with Gasteiger partial charge in [0.2, 0.25) is 0 Å². The van der Waals surface area contributed by atoms with Crippen LogP contribution in [0.25, 0.3) is 22.0 Å². The minimum Gasteiger partial charge on any atom is -0.382 e. The number of morpholine rings is 1. The maximum absolute atomic E-state index is 13.7. The van der Waals surface area contributed by atoms with Gasteiger partial charge in [0.25, 0.3) is 0 Å². The summed E-state index contributed by atoms with van der Waals surface area (Å²) in [5.74, 6) is -0.0215. The number of hydrogen-bond donors (Lipinski definition) is 3. The van der Waals surface area contributed by atoms with Crippen LogP contribution in [0.15, 0.2) is 60.7 Å². The summed E-state index contributed by atoms with van der Waals surface area (Å²) in [6.45, 7) is 4.02. The number of amides is 2. The molecule has 0 unspecified atom stereocenters. The first-order valence-electron chi connectivity index (χ1n) is 11.0. The number of nitrogens with two attached hydrogens (primary N) is 2. The first-order valence-corrected chi connectivity index (χ1v) is 11.0. The maximum atomic E-state index is 13.7. The van der Waals surface area contributed by atoms with E-state index in [0.717, 1.165) is 60.4 Å². The Hall–Kier alpha value is -3.95. The number of fused-ring (bicyclic) bond motifs is 1. The van der Waals surface area contributed by atoms with E-state index in [4.69, 9.17) is 16.2 Å². The lowest BCUT2D eigenvalue weighted by molar-refractivity contribution is 0.0343. The second kappa shape index (κ2) is 9.12. The zero-order valence-corrected chi connectivity index (χ0v) is 18.5. The average Bonchev–Trinajstić information content (AvgIpc) is 3.23. The van der Waals surface area contributed by atoms with Crippen LogP contribution in [0.5, 0.6) is 0 Å². The molecule has 2 heterocycles. The maximum Gasteiger partial charge on any atom is 0.323 e. The van der Waals surface area contributed by atoms with E-state index in [-0.39, 0.29) is 0 Å². The largest absolute Gasteiger partial charge is 0.382 e. The summed E-state index contributed by atoms with van der Waals surface area (Å²) in [5.41, 5.74) is 16.6. The average molecular weight is 461 g/mol. The van der Waals surface area contributed by atoms with Crippen LogP contribution >= 0.6 is 0 Å². The van der Waals surface area contributed by atoms with Crippen LogP contribution in [0.3, 0.4) is 0 Å². The lowest BCUT2D eigenvalue weighted by Crippen LogP contribution is -2.35. The Balaban J connectivity index is 1.49. The Labute approximate surface area is 195 Å². The SMILES string of the molecule is NC(=O)N(c1ccc(-c2ccc(CN3CCOCC3)c3[nH]nc(N)c23)cc1)c1cccc(F)c1. The van der Waals surface area contributed by atoms with Crippen molar-refractivity contribution in [3.05, 3.63) is 72.0 Å². The van der Waals surface area contributed by atoms with Crippen LogP contribution in [-0.4, -0.2) is 47.4 Å². The van der Waals surface area contributed by atoms with Gasteiger partial charge in [0.05, 0.1) is 35.5 Å². The van der Waals surface area contributed by atoms with E-state index in [0.29, 0.717) is 17.2 Å². The standard InChI is InChI=1S/C25H25FN6O2/c26-18-2-1-3-20(14-18)32(25(28)33)19-7-4-16(5-8-19)21-9-6-17(15-31-10-12-34-13-11-31)23-22(21)24(27)30-29-23/h1-9,14H,10-13,15H2,(H2,28,33)(H3,27,29,30). The van der Waals surface area contributed by atoms with E-state index >= 15 is 0 Å². The van der Waals surface area contributed by atoms with Crippen molar-refractivity contribution in [1.82, 2.24) is 15.1 Å². The van der Waals surface area contributed by atoms with Gasteiger partial charge in [0, 0.05) is 19.6 Å². The van der Waals surface area contributed by atoms with Crippen molar-refractivity contribution in [2.24, 2.45) is 5.73 Å². The number of H-pyrrole nitrogens is 1. The predicted octanol–water partition coefficient (Wildman–Crippen LogP) is 4.00. The highest BCUT2D eigenvalue weighted by Gasteiger charge is 2.19. The van der Waals surface area contributed by atoms with Gasteiger partial charge < -0.3 is 16.2 Å². The van der Waals surface area contributed by atoms with Crippen molar-refractivity contribution >= 4 is 34.1 Å². The van der Waals surface area contributed by atoms with Crippen molar-refractivity contribution in [3.63, 3.8) is 0 Å². The number of benzene rings is 3. The van der Waals surface area contributed by atoms with E-state index in [2.05, 4.69) is 21.2 Å². The molecule has 5 N–H and O–H groups in total. The van der Waals surface area contributed by atoms with Crippen LogP contribution in [0.1, 0.15) is 5.56 Å². The van der Waals surface area contributed by atoms with Crippen molar-refractivity contribution in [2.75, 3.05) is 36.9 Å². The van der Waals surface area contributed by atoms with Crippen LogP contribution in [0, 0.1) is 5.82 Å². The Bertz CT molecular complexity index is 1330. The fraction of sp³-hybridized carbons (Fsp3) is 0.200. The summed E-state index contributed by atoms with van der Waals surface area (Å²) in [7, 11) is 0. The molecule has 1 aliphatic heterocycles. The van der Waals surface area contributed by atoms with Crippen molar-refractivity contribution in [3.8, 4) is 11.1 Å². The molecule has 0 spiro atoms. The van der Waals surface area contributed by atoms with Crippen LogP contribution in [0.2, 0.25) is 0 Å². The van der Waals surface area contributed by atoms with Crippen LogP contribution in [-0.2, 0) is 11.3 Å². The number of hydrogen-bond acceptors (Lipinski definition) is 5. The molecule has 1 aromatic heterocycles. The lowest BCUT2D eigenvalue weighted by Gasteiger charge is -2.26. The number of anilines is 3. The smallest absolute Gasteiger partial charge is 0.323 e. The second-order valence-corrected chi connectivity index (χ2v) is 8.22. The van der Waals surface area contributed by atoms with Crippen LogP contribution in [0.4, 0.5) is 26.4 Å². The highest BCUT2D eigenvalue weighted by Crippen LogP contribution is 2.35. The number of aromatic amines is 1. The number of carbonyl (C=O) groups is 1. The number of rotatable bonds is 5. The number of nitrogen functional groups attached to an aromatic ring is 1. The summed E-state index contributed by atoms with van der Waals surface area (Å²) in [4.78, 5) is 15.7. The third-order valence-corrected chi connectivity index (χ3v) is 6.06. The summed E-state index contributed by atoms with van der Waals surface area (Å²) in [6.07, 6.45) is 0. The van der Waals surface area contributed by atoms with Gasteiger partial charge in [0.1, 0.15) is 5.82 Å². The Morgan fingerprint density at radius 1 is 1.09 bits per heavy atom. The lowest BCUT2D eigenvalue weighted by atomic mass is 9.98. The van der Waals surface area contributed by atoms with Gasteiger partial charge in [-0.2, -0.15) is 5.10 Å². The number of nitrogens with one attached hydrogen (secondary N) is 1. The molecule has 5 rings (SSSR count). The molecule has 174 valence electrons. The first kappa shape index (κ1) is 21.9. The number of carbonyl (C=O) groups excluding carboxylic acids is 1. The number of urea groups is 1. The van der Waals surface area contributed by atoms with Gasteiger partial charge in [-0.1, -0.05) is 30.3 Å². The van der Waals surface area contributed by atoms with Crippen LogP contribution < -0.4 is 16.4 Å². The van der Waals surface area contributed by atoms with E-state index < -0.39 is 11.8 Å². The van der Waals surface area contributed by atoms with E-state index in [9.17, 15) is 9.18 Å². The monoisotopic (exact) mass is 460 g/mol. The molecule has 0 bridgehead atoms. The Kier molecular flexibility index (Phi) is 5.87. The van der Waals surface area contributed by atoms with Gasteiger partial charge in [0.15, 0.2) is 5.82 Å². The molecule has 0 atom stereocenters. The normalized spacial score (nSPS) is 14.4. The molecule has 8 nitrogen and oxygen atoms in total. The second-order valence-electron chi connectivity index (χ2n) is 8.22. The summed E-state index contributed by atoms with van der Waals surface area (Å²) in [6, 6.07) is 16.5. The summed E-state index contributed by atoms with van der Waals surface area (Å²) >= 11 is 0. The fourth-order valence-corrected chi connectivity index (χ4v) is 4.39. The van der Waals surface area contributed by atoms with Crippen molar-refractivity contribution in [2.45, 2.75) is 6.54 Å². The van der Waals surface area contributed by atoms with Gasteiger partial charge in [-0.3, -0.25) is 14.9 Å². The van der Waals surface area contributed by atoms with Crippen molar-refractivity contribution in [1.29, 1.82) is 0 Å². The summed E-state index contributed by atoms with van der Waals surface area (Å²) < 4.78 is 19.2. The number of aromatic nitrogens is 2. The molecule has 1 aliphatic rings. The predicted molar refractivity (Wildman–Crippen MR) is 130 cm³/mol. The molecule has 0 saturated carbocycles. The zero-order chi connectivity index (χ0) is 23.7. The van der Waals surface area contributed by atoms with Gasteiger partial charge in [-0.05, 0) is 47.0 Å². The highest BCUT2D eigenvalue weighted by atomic mass is 19.1. The van der Waals surface area contributed by atoms with Gasteiger partial charge in [-0.25, -0.2) is 9.18 Å². The van der Waals surface area contributed by atoms with Gasteiger partial charge in [-0.15, -0.1) is 0 Å². The number of nitrogens with zero attached hydrogens (tertiary/aromatic N) is 3. The number of primary amides is 1. The Morgan fingerprint density at radius 2 is 1.85 bits per heavy atom. The third-order valence-electron chi connectivity index (χ3n) is 6.06. The molecule has 1 fully saturated rings.